The zero-order valence-corrected chi connectivity index (χ0v) is 20.1. The molecule has 3 heteroatoms. The first kappa shape index (κ1) is 24.3. The minimum absolute atomic E-state index is 0.0539. The SMILES string of the molecule is CCCCCCC1CCC(CCC2CCC(C(=O)Oc3ccc(CC)nc3)CC2)CC1. The molecule has 0 unspecified atom stereocenters. The highest BCUT2D eigenvalue weighted by atomic mass is 16.5. The third-order valence-corrected chi connectivity index (χ3v) is 7.97. The van der Waals surface area contributed by atoms with Gasteiger partial charge in [-0.05, 0) is 62.0 Å². The number of nitrogens with zero attached hydrogens (tertiary/aromatic N) is 1. The summed E-state index contributed by atoms with van der Waals surface area (Å²) in [6.45, 7) is 4.38. The Labute approximate surface area is 190 Å². The van der Waals surface area contributed by atoms with Crippen LogP contribution in [0.1, 0.15) is 116 Å². The summed E-state index contributed by atoms with van der Waals surface area (Å²) in [5, 5.41) is 0. The van der Waals surface area contributed by atoms with Gasteiger partial charge in [-0.3, -0.25) is 9.78 Å². The number of unbranched alkanes of at least 4 members (excludes halogenated alkanes) is 3. The van der Waals surface area contributed by atoms with E-state index in [2.05, 4.69) is 18.8 Å². The summed E-state index contributed by atoms with van der Waals surface area (Å²) < 4.78 is 5.59. The fourth-order valence-electron chi connectivity index (χ4n) is 5.71. The van der Waals surface area contributed by atoms with E-state index in [1.807, 2.05) is 12.1 Å². The van der Waals surface area contributed by atoms with E-state index in [4.69, 9.17) is 4.74 Å². The summed E-state index contributed by atoms with van der Waals surface area (Å²) in [6.07, 6.45) is 22.8. The van der Waals surface area contributed by atoms with Gasteiger partial charge in [0.05, 0.1) is 12.1 Å². The van der Waals surface area contributed by atoms with Crippen LogP contribution < -0.4 is 4.74 Å². The van der Waals surface area contributed by atoms with Crippen LogP contribution >= 0.6 is 0 Å². The number of hydrogen-bond donors (Lipinski definition) is 0. The molecule has 0 amide bonds. The maximum atomic E-state index is 12.5. The molecule has 0 saturated heterocycles. The average Bonchev–Trinajstić information content (AvgIpc) is 2.82. The maximum absolute atomic E-state index is 12.5. The Bertz CT molecular complexity index is 625. The highest BCUT2D eigenvalue weighted by Gasteiger charge is 2.29. The van der Waals surface area contributed by atoms with Crippen LogP contribution in [0.3, 0.4) is 0 Å². The molecule has 1 aromatic heterocycles. The van der Waals surface area contributed by atoms with Crippen molar-refractivity contribution in [1.29, 1.82) is 0 Å². The molecule has 0 bridgehead atoms. The molecule has 3 nitrogen and oxygen atoms in total. The molecule has 2 aliphatic carbocycles. The van der Waals surface area contributed by atoms with Gasteiger partial charge < -0.3 is 4.74 Å². The Kier molecular flexibility index (Phi) is 10.4. The summed E-state index contributed by atoms with van der Waals surface area (Å²) in [7, 11) is 0. The number of ether oxygens (including phenoxy) is 1. The third-order valence-electron chi connectivity index (χ3n) is 7.97. The largest absolute Gasteiger partial charge is 0.425 e. The van der Waals surface area contributed by atoms with Crippen molar-refractivity contribution < 1.29 is 9.53 Å². The second-order valence-electron chi connectivity index (χ2n) is 10.3. The Morgan fingerprint density at radius 1 is 0.839 bits per heavy atom. The molecule has 174 valence electrons. The van der Waals surface area contributed by atoms with E-state index >= 15 is 0 Å². The lowest BCUT2D eigenvalue weighted by molar-refractivity contribution is -0.140. The molecule has 0 atom stereocenters. The van der Waals surface area contributed by atoms with E-state index in [1.165, 1.54) is 83.5 Å². The van der Waals surface area contributed by atoms with Gasteiger partial charge in [0.25, 0.3) is 0 Å². The van der Waals surface area contributed by atoms with Gasteiger partial charge in [0.2, 0.25) is 0 Å². The summed E-state index contributed by atoms with van der Waals surface area (Å²) >= 11 is 0. The molecular formula is C28H45NO2. The van der Waals surface area contributed by atoms with E-state index in [-0.39, 0.29) is 11.9 Å². The van der Waals surface area contributed by atoms with E-state index in [0.29, 0.717) is 5.75 Å². The van der Waals surface area contributed by atoms with Crippen molar-refractivity contribution in [3.63, 3.8) is 0 Å². The molecule has 31 heavy (non-hydrogen) atoms. The van der Waals surface area contributed by atoms with Gasteiger partial charge in [0, 0.05) is 5.69 Å². The van der Waals surface area contributed by atoms with Crippen molar-refractivity contribution in [3.8, 4) is 5.75 Å². The monoisotopic (exact) mass is 427 g/mol. The second-order valence-corrected chi connectivity index (χ2v) is 10.3. The molecule has 0 spiro atoms. The van der Waals surface area contributed by atoms with Crippen LogP contribution in [0.25, 0.3) is 0 Å². The molecule has 0 N–H and O–H groups in total. The maximum Gasteiger partial charge on any atom is 0.314 e. The normalized spacial score (nSPS) is 26.5. The van der Waals surface area contributed by atoms with E-state index < -0.39 is 0 Å². The van der Waals surface area contributed by atoms with Gasteiger partial charge in [-0.25, -0.2) is 0 Å². The fourth-order valence-corrected chi connectivity index (χ4v) is 5.71. The summed E-state index contributed by atoms with van der Waals surface area (Å²) in [6, 6.07) is 3.81. The van der Waals surface area contributed by atoms with Crippen molar-refractivity contribution in [2.45, 2.75) is 117 Å². The van der Waals surface area contributed by atoms with Crippen molar-refractivity contribution >= 4 is 5.97 Å². The van der Waals surface area contributed by atoms with Crippen LogP contribution in [0.2, 0.25) is 0 Å². The summed E-state index contributed by atoms with van der Waals surface area (Å²) in [5.41, 5.74) is 1.03. The van der Waals surface area contributed by atoms with E-state index in [0.717, 1.165) is 42.7 Å². The van der Waals surface area contributed by atoms with Gasteiger partial charge in [-0.1, -0.05) is 84.5 Å². The van der Waals surface area contributed by atoms with Gasteiger partial charge in [-0.15, -0.1) is 0 Å². The standard InChI is InChI=1S/C28H45NO2/c1-3-5-6-7-8-22-9-11-23(12-10-22)13-14-24-15-17-25(18-16-24)28(30)31-27-20-19-26(4-2)29-21-27/h19-25H,3-18H2,1-2H3. The molecule has 0 aliphatic heterocycles. The van der Waals surface area contributed by atoms with Gasteiger partial charge >= 0.3 is 5.97 Å². The molecule has 1 aromatic rings. The van der Waals surface area contributed by atoms with Crippen molar-refractivity contribution in [2.24, 2.45) is 23.7 Å². The quantitative estimate of drug-likeness (QED) is 0.266. The lowest BCUT2D eigenvalue weighted by atomic mass is 9.75. The predicted octanol–water partition coefficient (Wildman–Crippen LogP) is 7.91. The molecular weight excluding hydrogens is 382 g/mol. The van der Waals surface area contributed by atoms with Crippen molar-refractivity contribution in [1.82, 2.24) is 4.98 Å². The molecule has 1 heterocycles. The summed E-state index contributed by atoms with van der Waals surface area (Å²) in [4.78, 5) is 16.9. The molecule has 0 radical (unpaired) electrons. The fraction of sp³-hybridized carbons (Fsp3) is 0.786. The first-order valence-corrected chi connectivity index (χ1v) is 13.3. The minimum Gasteiger partial charge on any atom is -0.425 e. The smallest absolute Gasteiger partial charge is 0.314 e. The van der Waals surface area contributed by atoms with Crippen LogP contribution in [-0.4, -0.2) is 11.0 Å². The van der Waals surface area contributed by atoms with Crippen LogP contribution in [0.4, 0.5) is 0 Å². The average molecular weight is 428 g/mol. The lowest BCUT2D eigenvalue weighted by Crippen LogP contribution is -2.26. The first-order chi connectivity index (χ1) is 15.2. The molecule has 2 fully saturated rings. The molecule has 0 aromatic carbocycles. The number of rotatable bonds is 11. The number of aromatic nitrogens is 1. The van der Waals surface area contributed by atoms with E-state index in [9.17, 15) is 4.79 Å². The Balaban J connectivity index is 1.27. The van der Waals surface area contributed by atoms with Crippen LogP contribution in [-0.2, 0) is 11.2 Å². The van der Waals surface area contributed by atoms with Crippen LogP contribution in [0.15, 0.2) is 18.3 Å². The lowest BCUT2D eigenvalue weighted by Gasteiger charge is -2.31. The zero-order valence-electron chi connectivity index (χ0n) is 20.1. The Morgan fingerprint density at radius 2 is 1.45 bits per heavy atom. The number of aryl methyl sites for hydroxylation is 1. The number of carbonyl (C=O) groups is 1. The van der Waals surface area contributed by atoms with Gasteiger partial charge in [0.1, 0.15) is 5.75 Å². The summed E-state index contributed by atoms with van der Waals surface area (Å²) in [5.74, 6) is 3.41. The number of hydrogen-bond acceptors (Lipinski definition) is 3. The topological polar surface area (TPSA) is 39.2 Å². The molecule has 3 rings (SSSR count). The highest BCUT2D eigenvalue weighted by molar-refractivity contribution is 5.75. The zero-order chi connectivity index (χ0) is 21.9. The van der Waals surface area contributed by atoms with E-state index in [1.54, 1.807) is 6.20 Å². The second kappa shape index (κ2) is 13.2. The highest BCUT2D eigenvalue weighted by Crippen LogP contribution is 2.38. The first-order valence-electron chi connectivity index (χ1n) is 13.3. The van der Waals surface area contributed by atoms with Crippen molar-refractivity contribution in [3.05, 3.63) is 24.0 Å². The Morgan fingerprint density at radius 3 is 2.00 bits per heavy atom. The molecule has 2 aliphatic rings. The number of esters is 1. The molecule has 2 saturated carbocycles. The van der Waals surface area contributed by atoms with Crippen molar-refractivity contribution in [2.75, 3.05) is 0 Å². The van der Waals surface area contributed by atoms with Gasteiger partial charge in [-0.2, -0.15) is 0 Å². The number of pyridine rings is 1. The minimum atomic E-state index is -0.0539. The predicted molar refractivity (Wildman–Crippen MR) is 128 cm³/mol. The van der Waals surface area contributed by atoms with Crippen LogP contribution in [0.5, 0.6) is 5.75 Å². The van der Waals surface area contributed by atoms with Crippen LogP contribution in [0, 0.1) is 23.7 Å². The Hall–Kier alpha value is -1.38. The van der Waals surface area contributed by atoms with Gasteiger partial charge in [0.15, 0.2) is 0 Å². The third kappa shape index (κ3) is 8.24. The number of carbonyl (C=O) groups excluding carboxylic acids is 1.